The average molecular weight is 444 g/mol. The van der Waals surface area contributed by atoms with Crippen LogP contribution in [-0.2, 0) is 5.41 Å². The lowest BCUT2D eigenvalue weighted by Gasteiger charge is -2.16. The summed E-state index contributed by atoms with van der Waals surface area (Å²) < 4.78 is 7.30. The van der Waals surface area contributed by atoms with E-state index in [1.807, 2.05) is 65.0 Å². The Balaban J connectivity index is 1.88. The first kappa shape index (κ1) is 22.0. The highest BCUT2D eigenvalue weighted by Crippen LogP contribution is 2.38. The molecule has 0 atom stereocenters. The molecule has 1 aromatic carbocycles. The van der Waals surface area contributed by atoms with E-state index >= 15 is 0 Å². The Morgan fingerprint density at radius 1 is 1.21 bits per heavy atom. The fourth-order valence-electron chi connectivity index (χ4n) is 3.50. The molecule has 0 aliphatic carbocycles. The summed E-state index contributed by atoms with van der Waals surface area (Å²) in [7, 11) is 0. The van der Waals surface area contributed by atoms with Gasteiger partial charge in [-0.2, -0.15) is 14.7 Å². The number of aromatic amines is 2. The Morgan fingerprint density at radius 2 is 1.94 bits per heavy atom. The molecule has 0 unspecified atom stereocenters. The van der Waals surface area contributed by atoms with Crippen molar-refractivity contribution in [1.29, 1.82) is 0 Å². The van der Waals surface area contributed by atoms with Gasteiger partial charge in [0.15, 0.2) is 0 Å². The van der Waals surface area contributed by atoms with Crippen LogP contribution in [0.4, 0.5) is 17.2 Å². The van der Waals surface area contributed by atoms with Gasteiger partial charge in [-0.25, -0.2) is 4.85 Å². The van der Waals surface area contributed by atoms with Crippen molar-refractivity contribution in [1.82, 2.24) is 24.8 Å². The number of ether oxygens (including phenoxy) is 1. The van der Waals surface area contributed by atoms with Gasteiger partial charge in [-0.1, -0.05) is 51.1 Å². The second-order valence-corrected chi connectivity index (χ2v) is 8.47. The lowest BCUT2D eigenvalue weighted by atomic mass is 9.91. The quantitative estimate of drug-likeness (QED) is 0.317. The van der Waals surface area contributed by atoms with Gasteiger partial charge in [-0.05, 0) is 19.3 Å². The maximum absolute atomic E-state index is 12.9. The Kier molecular flexibility index (Phi) is 5.55. The minimum atomic E-state index is -0.478. The molecule has 4 rings (SSSR count). The normalized spacial score (nSPS) is 11.9. The predicted molar refractivity (Wildman–Crippen MR) is 125 cm³/mol. The summed E-state index contributed by atoms with van der Waals surface area (Å²) in [5, 5.41) is 19.9. The van der Waals surface area contributed by atoms with Crippen molar-refractivity contribution in [3.8, 4) is 17.1 Å². The van der Waals surface area contributed by atoms with Crippen molar-refractivity contribution < 1.29 is 4.74 Å². The number of nitrogens with one attached hydrogen (secondary N) is 2. The van der Waals surface area contributed by atoms with Gasteiger partial charge in [0.05, 0.1) is 18.9 Å². The molecule has 0 bridgehead atoms. The molecule has 0 amide bonds. The van der Waals surface area contributed by atoms with E-state index in [-0.39, 0.29) is 28.5 Å². The Bertz CT molecular complexity index is 1450. The van der Waals surface area contributed by atoms with Crippen molar-refractivity contribution in [2.45, 2.75) is 40.0 Å². The number of nitrogens with zero attached hydrogens (tertiary/aromatic N) is 6. The number of aryl methyl sites for hydroxylation is 1. The number of benzene rings is 1. The monoisotopic (exact) mass is 444 g/mol. The lowest BCUT2D eigenvalue weighted by Crippen LogP contribution is -2.12. The molecule has 3 heterocycles. The average Bonchev–Trinajstić information content (AvgIpc) is 3.35. The molecule has 0 fully saturated rings. The molecule has 0 radical (unpaired) electrons. The van der Waals surface area contributed by atoms with E-state index in [2.05, 4.69) is 35.4 Å². The van der Waals surface area contributed by atoms with Crippen molar-refractivity contribution >= 4 is 22.8 Å². The number of azo groups is 1. The van der Waals surface area contributed by atoms with Crippen LogP contribution in [0.1, 0.15) is 39.0 Å². The highest BCUT2D eigenvalue weighted by molar-refractivity contribution is 5.72. The SMILES string of the molecule is [C-]#[N+]c1c(N=Nc2c(OCC)n3nc(-c4ccccc4)c(C)c3[nH]c2=O)n[nH]c1C(C)(C)C. The maximum Gasteiger partial charge on any atom is 0.283 e. The van der Waals surface area contributed by atoms with Crippen LogP contribution in [0.3, 0.4) is 0 Å². The van der Waals surface area contributed by atoms with Gasteiger partial charge in [0, 0.05) is 16.8 Å². The molecule has 10 nitrogen and oxygen atoms in total. The van der Waals surface area contributed by atoms with Gasteiger partial charge in [0.25, 0.3) is 17.1 Å². The first-order valence-electron chi connectivity index (χ1n) is 10.5. The van der Waals surface area contributed by atoms with Crippen LogP contribution >= 0.6 is 0 Å². The largest absolute Gasteiger partial charge is 0.476 e. The summed E-state index contributed by atoms with van der Waals surface area (Å²) in [6.07, 6.45) is 0. The minimum absolute atomic E-state index is 0.0531. The summed E-state index contributed by atoms with van der Waals surface area (Å²) in [6, 6.07) is 9.68. The number of rotatable bonds is 5. The number of hydrogen-bond acceptors (Lipinski definition) is 6. The molecular weight excluding hydrogens is 420 g/mol. The zero-order valence-electron chi connectivity index (χ0n) is 19.1. The van der Waals surface area contributed by atoms with Gasteiger partial charge in [-0.15, -0.1) is 10.2 Å². The lowest BCUT2D eigenvalue weighted by molar-refractivity contribution is 0.318. The zero-order valence-corrected chi connectivity index (χ0v) is 19.1. The summed E-state index contributed by atoms with van der Waals surface area (Å²) >= 11 is 0. The fraction of sp³-hybridized carbons (Fsp3) is 0.304. The summed E-state index contributed by atoms with van der Waals surface area (Å²) in [5.41, 5.74) is 3.01. The molecule has 0 aliphatic heterocycles. The zero-order chi connectivity index (χ0) is 23.8. The van der Waals surface area contributed by atoms with E-state index in [4.69, 9.17) is 11.3 Å². The standard InChI is InChI=1S/C23H24N8O2/c1-7-33-22-17(26-28-19-16(24-6)18(27-29-19)23(3,4)5)21(32)25-20-13(2)15(30-31(20)22)14-11-9-8-10-12-14/h8-12H,7H2,1-5H3,(H,25,32)(H,27,29). The van der Waals surface area contributed by atoms with Crippen LogP contribution in [0, 0.1) is 13.5 Å². The van der Waals surface area contributed by atoms with E-state index in [1.54, 1.807) is 0 Å². The van der Waals surface area contributed by atoms with Crippen LogP contribution in [0.2, 0.25) is 0 Å². The first-order chi connectivity index (χ1) is 15.8. The van der Waals surface area contributed by atoms with Gasteiger partial charge < -0.3 is 9.72 Å². The van der Waals surface area contributed by atoms with E-state index in [1.165, 1.54) is 4.52 Å². The number of H-pyrrole nitrogens is 2. The van der Waals surface area contributed by atoms with E-state index in [0.717, 1.165) is 16.8 Å². The molecule has 0 spiro atoms. The highest BCUT2D eigenvalue weighted by Gasteiger charge is 2.25. The van der Waals surface area contributed by atoms with Crippen molar-refractivity contribution in [2.24, 2.45) is 10.2 Å². The van der Waals surface area contributed by atoms with Crippen LogP contribution in [0.25, 0.3) is 21.7 Å². The highest BCUT2D eigenvalue weighted by atomic mass is 16.5. The third kappa shape index (κ3) is 3.89. The fourth-order valence-corrected chi connectivity index (χ4v) is 3.50. The van der Waals surface area contributed by atoms with Gasteiger partial charge >= 0.3 is 0 Å². The van der Waals surface area contributed by atoms with Gasteiger partial charge in [-0.3, -0.25) is 9.89 Å². The van der Waals surface area contributed by atoms with Crippen molar-refractivity contribution in [3.05, 3.63) is 63.4 Å². The number of aromatic nitrogens is 5. The van der Waals surface area contributed by atoms with E-state index in [9.17, 15) is 4.79 Å². The molecule has 0 saturated carbocycles. The third-order valence-electron chi connectivity index (χ3n) is 5.12. The Labute approximate surface area is 190 Å². The van der Waals surface area contributed by atoms with Crippen molar-refractivity contribution in [2.75, 3.05) is 6.61 Å². The smallest absolute Gasteiger partial charge is 0.283 e. The summed E-state index contributed by atoms with van der Waals surface area (Å²) in [5.74, 6) is 0.278. The molecule has 0 saturated heterocycles. The Hall–Kier alpha value is -4.26. The van der Waals surface area contributed by atoms with Crippen molar-refractivity contribution in [3.63, 3.8) is 0 Å². The van der Waals surface area contributed by atoms with E-state index in [0.29, 0.717) is 17.9 Å². The molecule has 0 aliphatic rings. The number of hydrogen-bond donors (Lipinski definition) is 2. The van der Waals surface area contributed by atoms with Crippen LogP contribution in [-0.4, -0.2) is 31.4 Å². The molecule has 10 heteroatoms. The summed E-state index contributed by atoms with van der Waals surface area (Å²) in [6.45, 7) is 17.4. The second-order valence-electron chi connectivity index (χ2n) is 8.47. The Morgan fingerprint density at radius 3 is 2.58 bits per heavy atom. The first-order valence-corrected chi connectivity index (χ1v) is 10.5. The van der Waals surface area contributed by atoms with Crippen LogP contribution in [0.5, 0.6) is 5.88 Å². The second kappa shape index (κ2) is 8.35. The molecular formula is C23H24N8O2. The number of fused-ring (bicyclic) bond motifs is 1. The molecule has 2 N–H and O–H groups in total. The molecule has 4 aromatic rings. The van der Waals surface area contributed by atoms with E-state index < -0.39 is 5.56 Å². The van der Waals surface area contributed by atoms with Crippen LogP contribution < -0.4 is 10.3 Å². The molecule has 33 heavy (non-hydrogen) atoms. The van der Waals surface area contributed by atoms with Gasteiger partial charge in [0.1, 0.15) is 5.65 Å². The van der Waals surface area contributed by atoms with Gasteiger partial charge in [0.2, 0.25) is 11.5 Å². The topological polar surface area (TPSA) is 117 Å². The third-order valence-corrected chi connectivity index (χ3v) is 5.12. The molecule has 3 aromatic heterocycles. The minimum Gasteiger partial charge on any atom is -0.476 e. The van der Waals surface area contributed by atoms with Crippen LogP contribution in [0.15, 0.2) is 45.4 Å². The predicted octanol–water partition coefficient (Wildman–Crippen LogP) is 5.38. The molecule has 168 valence electrons. The maximum atomic E-state index is 12.9. The summed E-state index contributed by atoms with van der Waals surface area (Å²) in [4.78, 5) is 19.3.